The van der Waals surface area contributed by atoms with Gasteiger partial charge in [0.05, 0.1) is 12.9 Å². The van der Waals surface area contributed by atoms with Gasteiger partial charge >= 0.3 is 0 Å². The lowest BCUT2D eigenvalue weighted by Gasteiger charge is -2.50. The quantitative estimate of drug-likeness (QED) is 0.421. The summed E-state index contributed by atoms with van der Waals surface area (Å²) in [6.45, 7) is 2.48. The number of allylic oxidation sites excluding steroid dienone is 3. The lowest BCUT2D eigenvalue weighted by Crippen LogP contribution is -2.45. The molecule has 4 heteroatoms. The fourth-order valence-electron chi connectivity index (χ4n) is 6.48. The Hall–Kier alpha value is -2.17. The van der Waals surface area contributed by atoms with Gasteiger partial charge < -0.3 is 14.9 Å². The molecule has 5 atom stereocenters. The van der Waals surface area contributed by atoms with E-state index in [1.165, 1.54) is 11.1 Å². The van der Waals surface area contributed by atoms with Crippen molar-refractivity contribution in [2.24, 2.45) is 23.2 Å². The Bertz CT molecular complexity index is 943. The first kappa shape index (κ1) is 19.8. The van der Waals surface area contributed by atoms with Crippen molar-refractivity contribution < 1.29 is 19.7 Å². The number of benzene rings is 1. The van der Waals surface area contributed by atoms with E-state index in [2.05, 4.69) is 13.0 Å². The monoisotopic (exact) mass is 406 g/mol. The summed E-state index contributed by atoms with van der Waals surface area (Å²) in [5.41, 5.74) is 3.89. The highest BCUT2D eigenvalue weighted by atomic mass is 16.6. The third-order valence-electron chi connectivity index (χ3n) is 8.10. The number of ether oxygens (including phenoxy) is 1. The van der Waals surface area contributed by atoms with Crippen LogP contribution in [0.1, 0.15) is 51.0 Å². The van der Waals surface area contributed by atoms with Gasteiger partial charge in [-0.05, 0) is 72.6 Å². The predicted molar refractivity (Wildman–Crippen MR) is 114 cm³/mol. The van der Waals surface area contributed by atoms with Crippen molar-refractivity contribution in [2.75, 3.05) is 0 Å². The minimum atomic E-state index is -1.25. The molecular weight excluding hydrogens is 376 g/mol. The van der Waals surface area contributed by atoms with Crippen molar-refractivity contribution in [1.82, 2.24) is 0 Å². The van der Waals surface area contributed by atoms with E-state index in [-0.39, 0.29) is 11.2 Å². The summed E-state index contributed by atoms with van der Waals surface area (Å²) >= 11 is 0. The van der Waals surface area contributed by atoms with Crippen LogP contribution in [0.2, 0.25) is 0 Å². The number of Topliss-reactive ketones (excluding diaryl/α,β-unsaturated/α-hetero) is 1. The van der Waals surface area contributed by atoms with Crippen LogP contribution in [0.15, 0.2) is 65.5 Å². The smallest absolute Gasteiger partial charge is 0.189 e. The summed E-state index contributed by atoms with van der Waals surface area (Å²) < 4.78 is 5.92. The number of hydrogen-bond acceptors (Lipinski definition) is 4. The van der Waals surface area contributed by atoms with Crippen molar-refractivity contribution >= 4 is 5.78 Å². The SMILES string of the molecule is C[C@]12CC[C@@H]3C4=CCC(O)(OCc5ccccc5)C=C4CC[C@H]3[C@@H]1C/C(=C/O)C2=O. The number of rotatable bonds is 3. The first-order chi connectivity index (χ1) is 14.4. The zero-order chi connectivity index (χ0) is 20.9. The Morgan fingerprint density at radius 2 is 2.03 bits per heavy atom. The number of fused-ring (bicyclic) bond motifs is 5. The normalized spacial score (nSPS) is 39.1. The van der Waals surface area contributed by atoms with Gasteiger partial charge in [0, 0.05) is 17.4 Å². The predicted octanol–water partition coefficient (Wildman–Crippen LogP) is 5.01. The molecule has 5 rings (SSSR count). The van der Waals surface area contributed by atoms with Crippen LogP contribution in [0.4, 0.5) is 0 Å². The highest BCUT2D eigenvalue weighted by Crippen LogP contribution is 2.61. The van der Waals surface area contributed by atoms with Crippen molar-refractivity contribution in [3.63, 3.8) is 0 Å². The van der Waals surface area contributed by atoms with Crippen LogP contribution in [-0.2, 0) is 16.1 Å². The van der Waals surface area contributed by atoms with Gasteiger partial charge in [0.15, 0.2) is 11.6 Å². The number of aliphatic hydroxyl groups excluding tert-OH is 1. The molecule has 3 fully saturated rings. The van der Waals surface area contributed by atoms with E-state index in [0.29, 0.717) is 42.8 Å². The van der Waals surface area contributed by atoms with Crippen LogP contribution in [0.25, 0.3) is 0 Å². The maximum absolute atomic E-state index is 12.8. The van der Waals surface area contributed by atoms with E-state index in [1.807, 2.05) is 36.4 Å². The summed E-state index contributed by atoms with van der Waals surface area (Å²) in [4.78, 5) is 12.8. The molecule has 1 aromatic carbocycles. The molecule has 0 aromatic heterocycles. The van der Waals surface area contributed by atoms with E-state index in [0.717, 1.165) is 37.5 Å². The molecule has 0 heterocycles. The Labute approximate surface area is 178 Å². The topological polar surface area (TPSA) is 66.8 Å². The van der Waals surface area contributed by atoms with Crippen LogP contribution in [0.3, 0.4) is 0 Å². The van der Waals surface area contributed by atoms with Crippen LogP contribution in [0.5, 0.6) is 0 Å². The number of hydrogen-bond donors (Lipinski definition) is 2. The second-order valence-corrected chi connectivity index (χ2v) is 9.71. The van der Waals surface area contributed by atoms with Crippen LogP contribution in [-0.4, -0.2) is 21.8 Å². The van der Waals surface area contributed by atoms with Gasteiger partial charge in [-0.25, -0.2) is 0 Å². The molecule has 4 aliphatic carbocycles. The molecule has 0 spiro atoms. The molecule has 1 aromatic rings. The van der Waals surface area contributed by atoms with Crippen molar-refractivity contribution in [1.29, 1.82) is 0 Å². The van der Waals surface area contributed by atoms with Gasteiger partial charge in [0.25, 0.3) is 0 Å². The van der Waals surface area contributed by atoms with Crippen molar-refractivity contribution in [3.8, 4) is 0 Å². The fraction of sp³-hybridized carbons (Fsp3) is 0.500. The minimum absolute atomic E-state index is 0.149. The second-order valence-electron chi connectivity index (χ2n) is 9.71. The minimum Gasteiger partial charge on any atom is -0.515 e. The molecule has 3 saturated carbocycles. The zero-order valence-electron chi connectivity index (χ0n) is 17.5. The average molecular weight is 407 g/mol. The molecule has 0 radical (unpaired) electrons. The number of ketones is 1. The molecule has 1 unspecified atom stereocenters. The van der Waals surface area contributed by atoms with E-state index in [9.17, 15) is 15.0 Å². The zero-order valence-corrected chi connectivity index (χ0v) is 17.5. The molecule has 4 aliphatic rings. The highest BCUT2D eigenvalue weighted by molar-refractivity contribution is 6.02. The summed E-state index contributed by atoms with van der Waals surface area (Å²) in [6.07, 6.45) is 10.1. The van der Waals surface area contributed by atoms with Crippen LogP contribution in [0, 0.1) is 23.2 Å². The average Bonchev–Trinajstić information content (AvgIpc) is 3.03. The molecule has 0 saturated heterocycles. The molecule has 0 aliphatic heterocycles. The van der Waals surface area contributed by atoms with Gasteiger partial charge in [-0.3, -0.25) is 4.79 Å². The van der Waals surface area contributed by atoms with Crippen molar-refractivity contribution in [3.05, 3.63) is 71.0 Å². The molecular formula is C26H30O4. The van der Waals surface area contributed by atoms with Crippen LogP contribution >= 0.6 is 0 Å². The number of carbonyl (C=O) groups is 1. The lowest BCUT2D eigenvalue weighted by molar-refractivity contribution is -0.173. The van der Waals surface area contributed by atoms with E-state index in [1.54, 1.807) is 0 Å². The standard InChI is InChI=1S/C26H30O4/c1-25-11-9-21-20-10-12-26(29,30-16-17-5-3-2-4-6-17)14-18(20)7-8-22(21)23(25)13-19(15-27)24(25)28/h2-6,10,14-15,21-23,27,29H,7-9,11-13,16H2,1H3/b19-15-/t21-,22-,23+,25+,26?/m1/s1. The molecule has 4 nitrogen and oxygen atoms in total. The molecule has 158 valence electrons. The van der Waals surface area contributed by atoms with Gasteiger partial charge in [-0.2, -0.15) is 0 Å². The first-order valence-corrected chi connectivity index (χ1v) is 11.1. The first-order valence-electron chi connectivity index (χ1n) is 11.1. The Balaban J connectivity index is 1.34. The largest absolute Gasteiger partial charge is 0.515 e. The lowest BCUT2D eigenvalue weighted by atomic mass is 9.54. The fourth-order valence-corrected chi connectivity index (χ4v) is 6.48. The van der Waals surface area contributed by atoms with E-state index in [4.69, 9.17) is 4.74 Å². The summed E-state index contributed by atoms with van der Waals surface area (Å²) in [7, 11) is 0. The van der Waals surface area contributed by atoms with Gasteiger partial charge in [0.2, 0.25) is 0 Å². The third kappa shape index (κ3) is 3.09. The van der Waals surface area contributed by atoms with Gasteiger partial charge in [-0.15, -0.1) is 0 Å². The van der Waals surface area contributed by atoms with Crippen molar-refractivity contribution in [2.45, 2.75) is 57.8 Å². The molecule has 2 N–H and O–H groups in total. The van der Waals surface area contributed by atoms with E-state index >= 15 is 0 Å². The highest BCUT2D eigenvalue weighted by Gasteiger charge is 2.57. The van der Waals surface area contributed by atoms with Gasteiger partial charge in [-0.1, -0.05) is 43.3 Å². The summed E-state index contributed by atoms with van der Waals surface area (Å²) in [5, 5.41) is 20.6. The number of carbonyl (C=O) groups excluding carboxylic acids is 1. The van der Waals surface area contributed by atoms with Crippen LogP contribution < -0.4 is 0 Å². The Morgan fingerprint density at radius 3 is 2.80 bits per heavy atom. The molecule has 0 bridgehead atoms. The maximum atomic E-state index is 12.8. The Kier molecular flexibility index (Phi) is 4.75. The Morgan fingerprint density at radius 1 is 1.23 bits per heavy atom. The third-order valence-corrected chi connectivity index (χ3v) is 8.10. The molecule has 30 heavy (non-hydrogen) atoms. The van der Waals surface area contributed by atoms with E-state index < -0.39 is 5.79 Å². The summed E-state index contributed by atoms with van der Waals surface area (Å²) in [5.74, 6) is 0.106. The van der Waals surface area contributed by atoms with Gasteiger partial charge in [0.1, 0.15) is 0 Å². The maximum Gasteiger partial charge on any atom is 0.189 e. The second kappa shape index (κ2) is 7.21. The molecule has 0 amide bonds. The summed E-state index contributed by atoms with van der Waals surface area (Å²) in [6, 6.07) is 9.93. The number of aliphatic hydroxyl groups is 2.